The molecule has 9 heteroatoms. The molecular weight excluding hydrogens is 424 g/mol. The second kappa shape index (κ2) is 10.5. The van der Waals surface area contributed by atoms with E-state index in [0.717, 1.165) is 16.9 Å². The first kappa shape index (κ1) is 21.5. The molecule has 2 aromatic carbocycles. The molecular formula is C21H19ClN4O3S. The summed E-state index contributed by atoms with van der Waals surface area (Å²) < 4.78 is 5.41. The van der Waals surface area contributed by atoms with Gasteiger partial charge in [0.05, 0.1) is 5.03 Å². The number of carbonyl (C=O) groups excluding carboxylic acids is 2. The van der Waals surface area contributed by atoms with Gasteiger partial charge in [0.1, 0.15) is 5.75 Å². The highest BCUT2D eigenvalue weighted by Gasteiger charge is 2.14. The van der Waals surface area contributed by atoms with Crippen molar-refractivity contribution < 1.29 is 14.3 Å². The Bertz CT molecular complexity index is 1040. The van der Waals surface area contributed by atoms with Gasteiger partial charge in [0.15, 0.2) is 11.6 Å². The molecule has 1 aromatic heterocycles. The van der Waals surface area contributed by atoms with Gasteiger partial charge in [0, 0.05) is 12.2 Å². The van der Waals surface area contributed by atoms with Gasteiger partial charge in [-0.2, -0.15) is 0 Å². The van der Waals surface area contributed by atoms with Crippen molar-refractivity contribution in [2.24, 2.45) is 0 Å². The zero-order valence-electron chi connectivity index (χ0n) is 16.1. The van der Waals surface area contributed by atoms with Crippen molar-refractivity contribution in [3.05, 3.63) is 70.2 Å². The summed E-state index contributed by atoms with van der Waals surface area (Å²) in [7, 11) is 0. The first-order valence-electron chi connectivity index (χ1n) is 9.12. The van der Waals surface area contributed by atoms with Crippen LogP contribution in [0.15, 0.2) is 54.6 Å². The minimum absolute atomic E-state index is 0.0393. The fourth-order valence-electron chi connectivity index (χ4n) is 2.38. The van der Waals surface area contributed by atoms with Crippen molar-refractivity contribution in [2.75, 3.05) is 18.5 Å². The number of aromatic nitrogens is 2. The van der Waals surface area contributed by atoms with Gasteiger partial charge in [0.2, 0.25) is 5.01 Å². The molecule has 3 aromatic rings. The summed E-state index contributed by atoms with van der Waals surface area (Å²) in [5, 5.41) is 14.4. The van der Waals surface area contributed by atoms with E-state index in [4.69, 9.17) is 16.3 Å². The lowest BCUT2D eigenvalue weighted by atomic mass is 10.2. The Labute approximate surface area is 182 Å². The van der Waals surface area contributed by atoms with E-state index in [1.54, 1.807) is 42.5 Å². The summed E-state index contributed by atoms with van der Waals surface area (Å²) in [5.41, 5.74) is 1.49. The molecule has 0 saturated carbocycles. The SMILES string of the molecule is CCNC(=O)COc1ccc(/C=C(/Cl)c2nnc(C(=O)Nc3ccccc3)s2)cc1. The van der Waals surface area contributed by atoms with Crippen LogP contribution >= 0.6 is 22.9 Å². The number of likely N-dealkylation sites (N-methyl/N-ethyl adjacent to an activating group) is 1. The molecule has 30 heavy (non-hydrogen) atoms. The summed E-state index contributed by atoms with van der Waals surface area (Å²) in [5.74, 6) is 0.0567. The van der Waals surface area contributed by atoms with E-state index in [0.29, 0.717) is 28.0 Å². The Morgan fingerprint density at radius 1 is 1.07 bits per heavy atom. The number of nitrogens with zero attached hydrogens (tertiary/aromatic N) is 2. The third-order valence-corrected chi connectivity index (χ3v) is 5.13. The molecule has 3 rings (SSSR count). The number of rotatable bonds is 8. The van der Waals surface area contributed by atoms with Crippen molar-refractivity contribution >= 4 is 51.5 Å². The first-order valence-corrected chi connectivity index (χ1v) is 10.3. The molecule has 154 valence electrons. The van der Waals surface area contributed by atoms with Gasteiger partial charge in [-0.15, -0.1) is 10.2 Å². The predicted octanol–water partition coefficient (Wildman–Crippen LogP) is 4.04. The van der Waals surface area contributed by atoms with Crippen molar-refractivity contribution in [1.29, 1.82) is 0 Å². The van der Waals surface area contributed by atoms with E-state index < -0.39 is 0 Å². The van der Waals surface area contributed by atoms with Crippen LogP contribution < -0.4 is 15.4 Å². The summed E-state index contributed by atoms with van der Waals surface area (Å²) in [6, 6.07) is 16.2. The normalized spacial score (nSPS) is 11.1. The molecule has 0 unspecified atom stereocenters. The maximum Gasteiger partial charge on any atom is 0.286 e. The molecule has 0 aliphatic rings. The lowest BCUT2D eigenvalue weighted by molar-refractivity contribution is -0.122. The molecule has 0 aliphatic heterocycles. The Morgan fingerprint density at radius 3 is 2.47 bits per heavy atom. The van der Waals surface area contributed by atoms with Gasteiger partial charge >= 0.3 is 0 Å². The maximum atomic E-state index is 12.3. The molecule has 0 saturated heterocycles. The second-order valence-corrected chi connectivity index (χ2v) is 7.42. The van der Waals surface area contributed by atoms with Crippen LogP contribution in [0.1, 0.15) is 27.3 Å². The summed E-state index contributed by atoms with van der Waals surface area (Å²) in [6.45, 7) is 2.37. The standard InChI is InChI=1S/C21H19ClN4O3S/c1-2-23-18(27)13-29-16-10-8-14(9-11-16)12-17(22)20-25-26-21(30-20)19(28)24-15-6-4-3-5-7-15/h3-12H,2,13H2,1H3,(H,23,27)(H,24,28)/b17-12+. The zero-order valence-corrected chi connectivity index (χ0v) is 17.7. The smallest absolute Gasteiger partial charge is 0.286 e. The van der Waals surface area contributed by atoms with Gasteiger partial charge in [-0.05, 0) is 42.8 Å². The number of amides is 2. The van der Waals surface area contributed by atoms with Crippen LogP contribution in [-0.2, 0) is 4.79 Å². The largest absolute Gasteiger partial charge is 0.484 e. The number of benzene rings is 2. The van der Waals surface area contributed by atoms with E-state index in [2.05, 4.69) is 20.8 Å². The van der Waals surface area contributed by atoms with Crippen LogP contribution in [0, 0.1) is 0 Å². The topological polar surface area (TPSA) is 93.2 Å². The molecule has 0 bridgehead atoms. The average molecular weight is 443 g/mol. The Morgan fingerprint density at radius 2 is 1.77 bits per heavy atom. The summed E-state index contributed by atoms with van der Waals surface area (Å²) in [6.07, 6.45) is 1.72. The Balaban J connectivity index is 1.61. The van der Waals surface area contributed by atoms with Gasteiger partial charge in [-0.3, -0.25) is 9.59 Å². The van der Waals surface area contributed by atoms with Crippen LogP contribution in [0.25, 0.3) is 11.1 Å². The van der Waals surface area contributed by atoms with E-state index in [-0.39, 0.29) is 23.4 Å². The van der Waals surface area contributed by atoms with Crippen molar-refractivity contribution in [1.82, 2.24) is 15.5 Å². The molecule has 0 atom stereocenters. The summed E-state index contributed by atoms with van der Waals surface area (Å²) in [4.78, 5) is 23.7. The monoisotopic (exact) mass is 442 g/mol. The van der Waals surface area contributed by atoms with E-state index in [9.17, 15) is 9.59 Å². The molecule has 0 fully saturated rings. The minimum atomic E-state index is -0.344. The molecule has 7 nitrogen and oxygen atoms in total. The van der Waals surface area contributed by atoms with Crippen LogP contribution in [0.2, 0.25) is 0 Å². The van der Waals surface area contributed by atoms with Crippen LogP contribution in [0.3, 0.4) is 0 Å². The van der Waals surface area contributed by atoms with Crippen LogP contribution in [0.4, 0.5) is 5.69 Å². The highest BCUT2D eigenvalue weighted by Crippen LogP contribution is 2.26. The second-order valence-electron chi connectivity index (χ2n) is 6.04. The van der Waals surface area contributed by atoms with Crippen molar-refractivity contribution in [3.8, 4) is 5.75 Å². The fourth-order valence-corrected chi connectivity index (χ4v) is 3.31. The molecule has 0 radical (unpaired) electrons. The lowest BCUT2D eigenvalue weighted by Crippen LogP contribution is -2.28. The highest BCUT2D eigenvalue weighted by atomic mass is 35.5. The number of halogens is 1. The van der Waals surface area contributed by atoms with Gasteiger partial charge in [-0.25, -0.2) is 0 Å². The molecule has 2 N–H and O–H groups in total. The van der Waals surface area contributed by atoms with E-state index in [1.165, 1.54) is 0 Å². The average Bonchev–Trinajstić information content (AvgIpc) is 3.25. The van der Waals surface area contributed by atoms with Crippen LogP contribution in [0.5, 0.6) is 5.75 Å². The third kappa shape index (κ3) is 6.13. The Hall–Kier alpha value is -3.23. The number of nitrogens with one attached hydrogen (secondary N) is 2. The van der Waals surface area contributed by atoms with Gasteiger partial charge < -0.3 is 15.4 Å². The fraction of sp³-hybridized carbons (Fsp3) is 0.143. The number of hydrogen-bond acceptors (Lipinski definition) is 6. The van der Waals surface area contributed by atoms with Gasteiger partial charge in [-0.1, -0.05) is 53.3 Å². The number of ether oxygens (including phenoxy) is 1. The first-order chi connectivity index (χ1) is 14.5. The summed E-state index contributed by atoms with van der Waals surface area (Å²) >= 11 is 7.45. The number of para-hydroxylation sites is 1. The van der Waals surface area contributed by atoms with E-state index >= 15 is 0 Å². The Kier molecular flexibility index (Phi) is 7.53. The van der Waals surface area contributed by atoms with Crippen LogP contribution in [-0.4, -0.2) is 35.2 Å². The lowest BCUT2D eigenvalue weighted by Gasteiger charge is -2.06. The number of hydrogen-bond donors (Lipinski definition) is 2. The van der Waals surface area contributed by atoms with Crippen molar-refractivity contribution in [3.63, 3.8) is 0 Å². The number of anilines is 1. The van der Waals surface area contributed by atoms with Crippen molar-refractivity contribution in [2.45, 2.75) is 6.92 Å². The molecule has 0 aliphatic carbocycles. The predicted molar refractivity (Wildman–Crippen MR) is 119 cm³/mol. The maximum absolute atomic E-state index is 12.3. The molecule has 1 heterocycles. The minimum Gasteiger partial charge on any atom is -0.484 e. The number of carbonyl (C=O) groups is 2. The zero-order chi connectivity index (χ0) is 21.3. The highest BCUT2D eigenvalue weighted by molar-refractivity contribution is 7.15. The quantitative estimate of drug-likeness (QED) is 0.549. The molecule has 0 spiro atoms. The van der Waals surface area contributed by atoms with Gasteiger partial charge in [0.25, 0.3) is 11.8 Å². The third-order valence-electron chi connectivity index (χ3n) is 3.77. The van der Waals surface area contributed by atoms with E-state index in [1.807, 2.05) is 25.1 Å². The molecule has 2 amide bonds.